The number of benzene rings is 1. The molecule has 0 radical (unpaired) electrons. The molecular weight excluding hydrogens is 486 g/mol. The highest BCUT2D eigenvalue weighted by atomic mass is 35.5. The highest BCUT2D eigenvalue weighted by Gasteiger charge is 2.30. The molecule has 0 aliphatic heterocycles. The van der Waals surface area contributed by atoms with Crippen LogP contribution in [0.25, 0.3) is 21.3 Å². The molecule has 1 aromatic carbocycles. The normalized spacial score (nSPS) is 14.8. The zero-order chi connectivity index (χ0) is 24.0. The van der Waals surface area contributed by atoms with E-state index in [9.17, 15) is 4.79 Å². The minimum atomic E-state index is -0.288. The summed E-state index contributed by atoms with van der Waals surface area (Å²) in [6, 6.07) is 7.44. The van der Waals surface area contributed by atoms with Crippen LogP contribution in [0, 0.1) is 19.8 Å². The lowest BCUT2D eigenvalue weighted by molar-refractivity contribution is 0.102. The maximum atomic E-state index is 13.7. The van der Waals surface area contributed by atoms with Gasteiger partial charge < -0.3 is 19.3 Å². The molecule has 0 spiro atoms. The van der Waals surface area contributed by atoms with Crippen molar-refractivity contribution < 1.29 is 18.8 Å². The molecule has 0 saturated heterocycles. The van der Waals surface area contributed by atoms with Crippen molar-refractivity contribution in [3.63, 3.8) is 0 Å². The lowest BCUT2D eigenvalue weighted by Crippen LogP contribution is -2.17. The van der Waals surface area contributed by atoms with Gasteiger partial charge in [-0.25, -0.2) is 4.98 Å². The minimum absolute atomic E-state index is 0. The van der Waals surface area contributed by atoms with E-state index in [1.54, 1.807) is 38.5 Å². The van der Waals surface area contributed by atoms with E-state index >= 15 is 0 Å². The predicted octanol–water partition coefficient (Wildman–Crippen LogP) is 6.38. The van der Waals surface area contributed by atoms with Gasteiger partial charge in [0.25, 0.3) is 5.91 Å². The van der Waals surface area contributed by atoms with Gasteiger partial charge in [-0.05, 0) is 50.7 Å². The number of carbonyl (C=O) groups is 1. The number of halogens is 1. The number of amides is 1. The van der Waals surface area contributed by atoms with Crippen LogP contribution in [0.2, 0.25) is 0 Å². The molecule has 3 heterocycles. The minimum Gasteiger partial charge on any atom is -0.493 e. The van der Waals surface area contributed by atoms with Crippen LogP contribution < -0.4 is 14.8 Å². The van der Waals surface area contributed by atoms with Crippen LogP contribution >= 0.6 is 23.7 Å². The number of nitrogens with zero attached hydrogens (tertiary/aromatic N) is 2. The largest absolute Gasteiger partial charge is 0.493 e. The van der Waals surface area contributed by atoms with Crippen molar-refractivity contribution in [3.05, 3.63) is 51.7 Å². The second kappa shape index (κ2) is 9.87. The van der Waals surface area contributed by atoms with E-state index in [0.29, 0.717) is 40.3 Å². The fraction of sp³-hybridized carbons (Fsp3) is 0.346. The summed E-state index contributed by atoms with van der Waals surface area (Å²) in [5.41, 5.74) is 4.06. The van der Waals surface area contributed by atoms with Crippen molar-refractivity contribution in [2.45, 2.75) is 40.0 Å². The number of thiophene rings is 1. The van der Waals surface area contributed by atoms with Crippen molar-refractivity contribution in [1.82, 2.24) is 10.1 Å². The van der Waals surface area contributed by atoms with Crippen molar-refractivity contribution in [2.24, 2.45) is 5.92 Å². The zero-order valence-electron chi connectivity index (χ0n) is 20.4. The molecule has 3 aromatic heterocycles. The number of para-hydroxylation sites is 1. The summed E-state index contributed by atoms with van der Waals surface area (Å²) in [5.74, 6) is 2.54. The monoisotopic (exact) mass is 513 g/mol. The third-order valence-electron chi connectivity index (χ3n) is 6.39. The molecule has 4 aromatic rings. The van der Waals surface area contributed by atoms with Gasteiger partial charge in [0.15, 0.2) is 17.3 Å². The van der Waals surface area contributed by atoms with Gasteiger partial charge >= 0.3 is 0 Å². The van der Waals surface area contributed by atoms with Gasteiger partial charge in [-0.15, -0.1) is 23.7 Å². The van der Waals surface area contributed by atoms with Gasteiger partial charge in [0.1, 0.15) is 10.6 Å². The Morgan fingerprint density at radius 1 is 1.23 bits per heavy atom. The first-order chi connectivity index (χ1) is 16.4. The number of hydrogen-bond acceptors (Lipinski definition) is 7. The van der Waals surface area contributed by atoms with E-state index in [4.69, 9.17) is 19.0 Å². The molecule has 1 aliphatic carbocycles. The average molecular weight is 514 g/mol. The molecule has 5 rings (SSSR count). The maximum Gasteiger partial charge on any atom is 0.259 e. The van der Waals surface area contributed by atoms with Crippen LogP contribution in [0.3, 0.4) is 0 Å². The van der Waals surface area contributed by atoms with Crippen molar-refractivity contribution >= 4 is 45.7 Å². The molecule has 1 aliphatic rings. The molecule has 0 bridgehead atoms. The zero-order valence-corrected chi connectivity index (χ0v) is 22.0. The Labute approximate surface area is 214 Å². The molecule has 7 nitrogen and oxygen atoms in total. The number of rotatable bonds is 5. The van der Waals surface area contributed by atoms with E-state index in [2.05, 4.69) is 17.4 Å². The van der Waals surface area contributed by atoms with Crippen LogP contribution in [-0.2, 0) is 12.8 Å². The predicted molar refractivity (Wildman–Crippen MR) is 141 cm³/mol. The standard InChI is InChI=1S/C26H27N3O4S.ClH/c1-13-9-10-16-19(11-13)34-26-23(16)22(17-7-6-8-18(31-4)24(17)32-5)21(15(3)27-26)25(30)28-20-12-14(2)33-29-20;/h6-8,12-13H,9-11H2,1-5H3,(H,28,29,30);1H. The molecular formula is C26H28ClN3O4S. The number of ether oxygens (including phenoxy) is 2. The van der Waals surface area contributed by atoms with Crippen LogP contribution in [0.15, 0.2) is 28.8 Å². The Hall–Kier alpha value is -3.10. The quantitative estimate of drug-likeness (QED) is 0.333. The number of anilines is 1. The third kappa shape index (κ3) is 4.36. The molecule has 1 N–H and O–H groups in total. The van der Waals surface area contributed by atoms with Gasteiger partial charge in [0, 0.05) is 27.5 Å². The van der Waals surface area contributed by atoms with Crippen LogP contribution in [0.1, 0.15) is 45.6 Å². The molecule has 35 heavy (non-hydrogen) atoms. The Bertz CT molecular complexity index is 1410. The number of hydrogen-bond donors (Lipinski definition) is 1. The number of fused-ring (bicyclic) bond motifs is 3. The van der Waals surface area contributed by atoms with Crippen LogP contribution in [0.5, 0.6) is 11.5 Å². The first kappa shape index (κ1) is 25.0. The fourth-order valence-corrected chi connectivity index (χ4v) is 6.26. The third-order valence-corrected chi connectivity index (χ3v) is 7.54. The van der Waals surface area contributed by atoms with Gasteiger partial charge in [-0.2, -0.15) is 0 Å². The summed E-state index contributed by atoms with van der Waals surface area (Å²) in [5, 5.41) is 7.86. The molecule has 184 valence electrons. The highest BCUT2D eigenvalue weighted by Crippen LogP contribution is 2.48. The van der Waals surface area contributed by atoms with E-state index in [1.165, 1.54) is 10.4 Å². The molecule has 1 unspecified atom stereocenters. The van der Waals surface area contributed by atoms with Crippen LogP contribution in [0.4, 0.5) is 5.82 Å². The number of methoxy groups -OCH3 is 2. The van der Waals surface area contributed by atoms with Gasteiger partial charge in [-0.3, -0.25) is 4.79 Å². The Morgan fingerprint density at radius 3 is 2.71 bits per heavy atom. The lowest BCUT2D eigenvalue weighted by Gasteiger charge is -2.21. The maximum absolute atomic E-state index is 13.7. The fourth-order valence-electron chi connectivity index (χ4n) is 4.82. The van der Waals surface area contributed by atoms with E-state index in [1.807, 2.05) is 25.1 Å². The molecule has 9 heteroatoms. The first-order valence-corrected chi connectivity index (χ1v) is 12.1. The first-order valence-electron chi connectivity index (χ1n) is 11.3. The van der Waals surface area contributed by atoms with Gasteiger partial charge in [-0.1, -0.05) is 24.2 Å². The second-order valence-electron chi connectivity index (χ2n) is 8.80. The molecule has 0 fully saturated rings. The number of nitrogens with one attached hydrogen (secondary N) is 1. The SMILES string of the molecule is COc1cccc(-c2c(C(=O)Nc3cc(C)on3)c(C)nc3sc4c(c23)CCC(C)C4)c1OC.Cl. The Kier molecular flexibility index (Phi) is 7.05. The van der Waals surface area contributed by atoms with Crippen molar-refractivity contribution in [2.75, 3.05) is 19.5 Å². The van der Waals surface area contributed by atoms with Crippen LogP contribution in [-0.4, -0.2) is 30.3 Å². The molecule has 1 amide bonds. The Balaban J connectivity index is 0.00000289. The number of pyridine rings is 1. The molecule has 1 atom stereocenters. The smallest absolute Gasteiger partial charge is 0.259 e. The molecule has 0 saturated carbocycles. The summed E-state index contributed by atoms with van der Waals surface area (Å²) in [7, 11) is 3.23. The summed E-state index contributed by atoms with van der Waals surface area (Å²) in [6.07, 6.45) is 3.11. The summed E-state index contributed by atoms with van der Waals surface area (Å²) >= 11 is 1.74. The Morgan fingerprint density at radius 2 is 2.03 bits per heavy atom. The summed E-state index contributed by atoms with van der Waals surface area (Å²) < 4.78 is 16.5. The van der Waals surface area contributed by atoms with Crippen molar-refractivity contribution in [3.8, 4) is 22.6 Å². The van der Waals surface area contributed by atoms with Crippen molar-refractivity contribution in [1.29, 1.82) is 0 Å². The van der Waals surface area contributed by atoms with E-state index < -0.39 is 0 Å². The number of carbonyl (C=O) groups excluding carboxylic acids is 1. The topological polar surface area (TPSA) is 86.5 Å². The summed E-state index contributed by atoms with van der Waals surface area (Å²) in [6.45, 7) is 5.95. The number of aromatic nitrogens is 2. The van der Waals surface area contributed by atoms with E-state index in [0.717, 1.165) is 40.6 Å². The average Bonchev–Trinajstić information content (AvgIpc) is 3.38. The highest BCUT2D eigenvalue weighted by molar-refractivity contribution is 7.19. The van der Waals surface area contributed by atoms with Gasteiger partial charge in [0.2, 0.25) is 0 Å². The summed E-state index contributed by atoms with van der Waals surface area (Å²) in [4.78, 5) is 20.9. The number of aryl methyl sites for hydroxylation is 3. The second-order valence-corrected chi connectivity index (χ2v) is 9.88. The lowest BCUT2D eigenvalue weighted by atomic mass is 9.85. The van der Waals surface area contributed by atoms with E-state index in [-0.39, 0.29) is 18.3 Å². The van der Waals surface area contributed by atoms with Gasteiger partial charge in [0.05, 0.1) is 25.5 Å².